The van der Waals surface area contributed by atoms with Crippen LogP contribution >= 0.6 is 0 Å². The smallest absolute Gasteiger partial charge is 0.187 e. The molecule has 0 radical (unpaired) electrons. The van der Waals surface area contributed by atoms with Gasteiger partial charge in [0, 0.05) is 0 Å². The van der Waals surface area contributed by atoms with Crippen LogP contribution < -0.4 is 0 Å². The summed E-state index contributed by atoms with van der Waals surface area (Å²) in [5, 5.41) is 0. The molecule has 0 aliphatic rings. The first-order valence-electron chi connectivity index (χ1n) is 5.88. The van der Waals surface area contributed by atoms with Crippen LogP contribution in [0.4, 0.5) is 0 Å². The average Bonchev–Trinajstić information content (AvgIpc) is 1.74. The van der Waals surface area contributed by atoms with Crippen molar-refractivity contribution in [2.75, 3.05) is 0 Å². The lowest BCUT2D eigenvalue weighted by atomic mass is 10.3. The zero-order valence-corrected chi connectivity index (χ0v) is 15.7. The van der Waals surface area contributed by atoms with Crippen molar-refractivity contribution < 1.29 is 8.85 Å². The van der Waals surface area contributed by atoms with Crippen LogP contribution in [0.5, 0.6) is 0 Å². The van der Waals surface area contributed by atoms with Crippen LogP contribution in [-0.4, -0.2) is 32.3 Å². The third kappa shape index (κ3) is 8.39. The van der Waals surface area contributed by atoms with E-state index >= 15 is 0 Å². The lowest BCUT2D eigenvalue weighted by molar-refractivity contribution is -0.0582. The van der Waals surface area contributed by atoms with Crippen LogP contribution in [-0.2, 0) is 8.85 Å². The molecule has 0 fully saturated rings. The van der Waals surface area contributed by atoms with Crippen LogP contribution in [0, 0.1) is 0 Å². The molecule has 15 heavy (non-hydrogen) atoms. The Morgan fingerprint density at radius 2 is 1.27 bits per heavy atom. The normalized spacial score (nSPS) is 14.6. The molecule has 0 aromatic heterocycles. The quantitative estimate of drug-likeness (QED) is 0.542. The molecule has 0 bridgehead atoms. The molecule has 0 N–H and O–H groups in total. The summed E-state index contributed by atoms with van der Waals surface area (Å²) in [6.45, 7) is 15.6. The van der Waals surface area contributed by atoms with Crippen LogP contribution in [0.2, 0.25) is 39.3 Å². The van der Waals surface area contributed by atoms with Crippen LogP contribution in [0.15, 0.2) is 0 Å². The first-order chi connectivity index (χ1) is 6.47. The van der Waals surface area contributed by atoms with Crippen molar-refractivity contribution in [1.82, 2.24) is 0 Å². The first-order valence-corrected chi connectivity index (χ1v) is 13.7. The molecule has 0 aromatic carbocycles. The third-order valence-electron chi connectivity index (χ3n) is 1.75. The van der Waals surface area contributed by atoms with Crippen molar-refractivity contribution in [2.24, 2.45) is 0 Å². The van der Waals surface area contributed by atoms with E-state index in [-0.39, 0.29) is 5.41 Å². The summed E-state index contributed by atoms with van der Waals surface area (Å²) in [7, 11) is -2.03. The van der Waals surface area contributed by atoms with Gasteiger partial charge < -0.3 is 8.85 Å². The molecular weight excluding hydrogens is 236 g/mol. The first kappa shape index (κ1) is 15.6. The fraction of sp³-hybridized carbons (Fsp3) is 1.00. The second-order valence-corrected chi connectivity index (χ2v) is 16.7. The highest BCUT2D eigenvalue weighted by molar-refractivity contribution is 6.71. The van der Waals surface area contributed by atoms with Gasteiger partial charge in [0.05, 0.1) is 10.2 Å². The standard InChI is InChI=1S/C10H28O2Si3/c1-8-9-10(13,11-14(2,3)4)12-15(5,6)7/h8-9H2,1-7,13H3. The Balaban J connectivity index is 4.59. The summed E-state index contributed by atoms with van der Waals surface area (Å²) >= 11 is 0. The molecule has 2 nitrogen and oxygen atoms in total. The molecule has 0 aromatic rings. The Bertz CT molecular complexity index is 178. The van der Waals surface area contributed by atoms with Crippen molar-refractivity contribution in [1.29, 1.82) is 0 Å². The van der Waals surface area contributed by atoms with Gasteiger partial charge in [-0.25, -0.2) is 0 Å². The summed E-state index contributed by atoms with van der Waals surface area (Å²) in [5.74, 6) is 0. The molecule has 5 heteroatoms. The molecule has 0 saturated carbocycles. The maximum Gasteiger partial charge on any atom is 0.187 e. The maximum atomic E-state index is 6.25. The molecule has 0 spiro atoms. The van der Waals surface area contributed by atoms with E-state index in [9.17, 15) is 0 Å². The third-order valence-corrected chi connectivity index (χ3v) is 5.56. The lowest BCUT2D eigenvalue weighted by Gasteiger charge is -2.40. The Hall–Kier alpha value is 0.571. The monoisotopic (exact) mass is 264 g/mol. The largest absolute Gasteiger partial charge is 0.395 e. The van der Waals surface area contributed by atoms with Crippen LogP contribution in [0.1, 0.15) is 19.8 Å². The average molecular weight is 265 g/mol. The zero-order valence-electron chi connectivity index (χ0n) is 11.7. The molecule has 0 aliphatic heterocycles. The molecule has 0 unspecified atom stereocenters. The minimum absolute atomic E-state index is 0.219. The second-order valence-electron chi connectivity index (χ2n) is 6.31. The highest BCUT2D eigenvalue weighted by atomic mass is 28.4. The minimum atomic E-state index is -1.50. The minimum Gasteiger partial charge on any atom is -0.395 e. The van der Waals surface area contributed by atoms with Gasteiger partial charge in [0.25, 0.3) is 0 Å². The highest BCUT2D eigenvalue weighted by Gasteiger charge is 2.35. The van der Waals surface area contributed by atoms with E-state index in [0.717, 1.165) is 23.1 Å². The molecule has 0 rings (SSSR count). The van der Waals surface area contributed by atoms with Gasteiger partial charge in [-0.3, -0.25) is 0 Å². The van der Waals surface area contributed by atoms with Crippen LogP contribution in [0.25, 0.3) is 0 Å². The fourth-order valence-electron chi connectivity index (χ4n) is 1.87. The molecule has 0 atom stereocenters. The van der Waals surface area contributed by atoms with Gasteiger partial charge in [-0.05, 0) is 45.7 Å². The SMILES string of the molecule is CCCC([SiH3])(O[Si](C)(C)C)O[Si](C)(C)C. The summed E-state index contributed by atoms with van der Waals surface area (Å²) in [5.41, 5.74) is -0.219. The predicted molar refractivity (Wildman–Crippen MR) is 76.4 cm³/mol. The molecule has 0 aliphatic carbocycles. The van der Waals surface area contributed by atoms with Gasteiger partial charge in [0.1, 0.15) is 5.41 Å². The number of rotatable bonds is 6. The topological polar surface area (TPSA) is 18.5 Å². The van der Waals surface area contributed by atoms with E-state index in [1.165, 1.54) is 0 Å². The van der Waals surface area contributed by atoms with Crippen molar-refractivity contribution >= 4 is 26.9 Å². The number of hydrogen-bond donors (Lipinski definition) is 0. The van der Waals surface area contributed by atoms with Gasteiger partial charge in [-0.15, -0.1) is 0 Å². The van der Waals surface area contributed by atoms with Crippen molar-refractivity contribution in [2.45, 2.75) is 64.5 Å². The Kier molecular flexibility index (Phi) is 5.47. The Labute approximate surface area is 100 Å². The summed E-state index contributed by atoms with van der Waals surface area (Å²) in [6.07, 6.45) is 2.19. The Morgan fingerprint density at radius 3 is 1.47 bits per heavy atom. The van der Waals surface area contributed by atoms with Gasteiger partial charge in [0.15, 0.2) is 16.6 Å². The van der Waals surface area contributed by atoms with E-state index < -0.39 is 16.6 Å². The fourth-order valence-corrected chi connectivity index (χ4v) is 9.01. The zero-order chi connectivity index (χ0) is 12.3. The molecule has 0 amide bonds. The number of hydrogen-bond acceptors (Lipinski definition) is 2. The summed E-state index contributed by atoms with van der Waals surface area (Å²) in [4.78, 5) is 0. The van der Waals surface area contributed by atoms with E-state index in [1.807, 2.05) is 0 Å². The van der Waals surface area contributed by atoms with Gasteiger partial charge in [-0.2, -0.15) is 0 Å². The Morgan fingerprint density at radius 1 is 0.933 bits per heavy atom. The van der Waals surface area contributed by atoms with E-state index in [1.54, 1.807) is 0 Å². The highest BCUT2D eigenvalue weighted by Crippen LogP contribution is 2.25. The van der Waals surface area contributed by atoms with E-state index in [0.29, 0.717) is 0 Å². The lowest BCUT2D eigenvalue weighted by Crippen LogP contribution is -2.50. The summed E-state index contributed by atoms with van der Waals surface area (Å²) < 4.78 is 12.5. The second kappa shape index (κ2) is 5.27. The molecular formula is C10H28O2Si3. The molecule has 92 valence electrons. The van der Waals surface area contributed by atoms with Crippen molar-refractivity contribution in [3.05, 3.63) is 0 Å². The molecule has 0 heterocycles. The van der Waals surface area contributed by atoms with Gasteiger partial charge in [-0.1, -0.05) is 13.3 Å². The summed E-state index contributed by atoms with van der Waals surface area (Å²) in [6, 6.07) is 0. The van der Waals surface area contributed by atoms with Gasteiger partial charge in [0.2, 0.25) is 0 Å². The maximum absolute atomic E-state index is 6.25. The van der Waals surface area contributed by atoms with E-state index in [2.05, 4.69) is 46.2 Å². The van der Waals surface area contributed by atoms with Gasteiger partial charge >= 0.3 is 0 Å². The van der Waals surface area contributed by atoms with Crippen LogP contribution in [0.3, 0.4) is 0 Å². The van der Waals surface area contributed by atoms with Crippen molar-refractivity contribution in [3.63, 3.8) is 0 Å². The van der Waals surface area contributed by atoms with E-state index in [4.69, 9.17) is 8.85 Å². The predicted octanol–water partition coefficient (Wildman–Crippen LogP) is 2.51. The van der Waals surface area contributed by atoms with Crippen molar-refractivity contribution in [3.8, 4) is 0 Å². The molecule has 0 saturated heterocycles.